The van der Waals surface area contributed by atoms with Crippen molar-refractivity contribution in [3.63, 3.8) is 0 Å². The van der Waals surface area contributed by atoms with Crippen LogP contribution in [0.1, 0.15) is 58.8 Å². The van der Waals surface area contributed by atoms with Gasteiger partial charge in [-0.15, -0.1) is 24.9 Å². The molecule has 1 spiro atoms. The highest BCUT2D eigenvalue weighted by molar-refractivity contribution is 8.02. The highest BCUT2D eigenvalue weighted by Gasteiger charge is 2.74. The summed E-state index contributed by atoms with van der Waals surface area (Å²) in [5.41, 5.74) is 0. The molecule has 2 bridgehead atoms. The summed E-state index contributed by atoms with van der Waals surface area (Å²) >= 11 is 1.63. The minimum atomic E-state index is -0.690. The van der Waals surface area contributed by atoms with E-state index in [1.165, 1.54) is 0 Å². The van der Waals surface area contributed by atoms with Crippen LogP contribution in [0.5, 0.6) is 0 Å². The number of ether oxygens (including phenoxy) is 1. The van der Waals surface area contributed by atoms with Crippen LogP contribution < -0.4 is 0 Å². The first-order valence-electron chi connectivity index (χ1n) is 12.7. The van der Waals surface area contributed by atoms with Gasteiger partial charge in [0.1, 0.15) is 6.04 Å². The van der Waals surface area contributed by atoms with Gasteiger partial charge in [-0.1, -0.05) is 25.5 Å². The number of esters is 1. The summed E-state index contributed by atoms with van der Waals surface area (Å²) in [6.07, 6.45) is 9.41. The number of unbranched alkanes of at least 4 members (excludes halogenated alkanes) is 3. The van der Waals surface area contributed by atoms with E-state index < -0.39 is 28.7 Å². The molecule has 0 aromatic carbocycles. The van der Waals surface area contributed by atoms with E-state index in [1.54, 1.807) is 34.6 Å². The quantitative estimate of drug-likeness (QED) is 0.228. The maximum absolute atomic E-state index is 14.0. The van der Waals surface area contributed by atoms with Crippen molar-refractivity contribution in [3.05, 3.63) is 25.3 Å². The number of hydrogen-bond donors (Lipinski definition) is 1. The Kier molecular flexibility index (Phi) is 9.27. The van der Waals surface area contributed by atoms with Crippen molar-refractivity contribution in [1.82, 2.24) is 9.80 Å². The molecule has 0 aromatic heterocycles. The molecule has 3 saturated heterocycles. The molecule has 6 atom stereocenters. The number of amides is 2. The van der Waals surface area contributed by atoms with Crippen LogP contribution in [0.25, 0.3) is 0 Å². The van der Waals surface area contributed by atoms with Crippen LogP contribution in [-0.2, 0) is 19.1 Å². The van der Waals surface area contributed by atoms with Gasteiger partial charge in [0.05, 0.1) is 35.8 Å². The first kappa shape index (κ1) is 26.8. The summed E-state index contributed by atoms with van der Waals surface area (Å²) in [4.78, 5) is 44.3. The molecule has 2 unspecified atom stereocenters. The number of fused-ring (bicyclic) bond motifs is 1. The lowest BCUT2D eigenvalue weighted by Gasteiger charge is -2.38. The van der Waals surface area contributed by atoms with Crippen molar-refractivity contribution in [2.75, 3.05) is 26.3 Å². The van der Waals surface area contributed by atoms with Crippen LogP contribution in [0, 0.1) is 11.8 Å². The van der Waals surface area contributed by atoms with E-state index in [-0.39, 0.29) is 29.6 Å². The Morgan fingerprint density at radius 1 is 1.32 bits per heavy atom. The summed E-state index contributed by atoms with van der Waals surface area (Å²) in [7, 11) is 0. The topological polar surface area (TPSA) is 87.1 Å². The number of likely N-dealkylation sites (tertiary alicyclic amines) is 1. The van der Waals surface area contributed by atoms with Crippen LogP contribution in [0.3, 0.4) is 0 Å². The molecule has 0 aliphatic carbocycles. The first-order valence-corrected chi connectivity index (χ1v) is 13.5. The Morgan fingerprint density at radius 3 is 2.74 bits per heavy atom. The number of allylic oxidation sites excluding steroid dienone is 1. The van der Waals surface area contributed by atoms with Crippen LogP contribution in [0.2, 0.25) is 0 Å². The summed E-state index contributed by atoms with van der Waals surface area (Å²) in [6, 6.07) is -1.20. The van der Waals surface area contributed by atoms with Gasteiger partial charge in [0.15, 0.2) is 0 Å². The van der Waals surface area contributed by atoms with E-state index in [0.717, 1.165) is 38.5 Å². The second kappa shape index (κ2) is 11.8. The average molecular weight is 493 g/mol. The van der Waals surface area contributed by atoms with Gasteiger partial charge in [-0.05, 0) is 45.4 Å². The molecule has 7 nitrogen and oxygen atoms in total. The Morgan fingerprint density at radius 2 is 2.09 bits per heavy atom. The number of carbonyl (C=O) groups is 3. The maximum Gasteiger partial charge on any atom is 0.310 e. The van der Waals surface area contributed by atoms with Crippen LogP contribution in [-0.4, -0.2) is 81.1 Å². The number of aliphatic hydroxyl groups is 1. The van der Waals surface area contributed by atoms with Crippen molar-refractivity contribution in [2.24, 2.45) is 11.8 Å². The molecule has 0 aromatic rings. The van der Waals surface area contributed by atoms with E-state index in [9.17, 15) is 19.5 Å². The lowest BCUT2D eigenvalue weighted by molar-refractivity contribution is -0.154. The van der Waals surface area contributed by atoms with Gasteiger partial charge in [-0.3, -0.25) is 14.4 Å². The fraction of sp³-hybridized carbons (Fsp3) is 0.731. The largest absolute Gasteiger partial charge is 0.465 e. The van der Waals surface area contributed by atoms with Gasteiger partial charge in [-0.25, -0.2) is 0 Å². The standard InChI is InChI=1S/C26H40N2O5S/c1-5-8-10-11-16-33-25(32)20-19-12-13-26(34-19)21(20)23(30)28(18(4)17-29)22(26)24(31)27(14-7-3)15-9-6-2/h5,7,18-22,29H,1,3,6,8-17H2,2,4H3/t18-,19-,20+,21+,22?,26?/m1/s1. The maximum atomic E-state index is 14.0. The van der Waals surface area contributed by atoms with Crippen molar-refractivity contribution in [1.29, 1.82) is 0 Å². The third kappa shape index (κ3) is 4.81. The molecule has 2 amide bonds. The monoisotopic (exact) mass is 492 g/mol. The number of nitrogens with zero attached hydrogens (tertiary/aromatic N) is 2. The zero-order valence-corrected chi connectivity index (χ0v) is 21.4. The molecular weight excluding hydrogens is 452 g/mol. The summed E-state index contributed by atoms with van der Waals surface area (Å²) in [5, 5.41) is 9.93. The molecule has 3 heterocycles. The summed E-state index contributed by atoms with van der Waals surface area (Å²) < 4.78 is 4.97. The lowest BCUT2D eigenvalue weighted by atomic mass is 9.71. The van der Waals surface area contributed by atoms with Gasteiger partial charge >= 0.3 is 5.97 Å². The van der Waals surface area contributed by atoms with Crippen molar-refractivity contribution >= 4 is 29.5 Å². The zero-order chi connectivity index (χ0) is 24.9. The third-order valence-electron chi connectivity index (χ3n) is 7.47. The molecule has 0 radical (unpaired) electrons. The Hall–Kier alpha value is -1.80. The van der Waals surface area contributed by atoms with Crippen LogP contribution in [0.15, 0.2) is 25.3 Å². The van der Waals surface area contributed by atoms with Crippen molar-refractivity contribution in [2.45, 2.75) is 80.9 Å². The third-order valence-corrected chi connectivity index (χ3v) is 9.42. The number of rotatable bonds is 14. The number of aliphatic hydroxyl groups excluding tert-OH is 1. The predicted molar refractivity (Wildman–Crippen MR) is 134 cm³/mol. The van der Waals surface area contributed by atoms with Gasteiger partial charge in [-0.2, -0.15) is 0 Å². The van der Waals surface area contributed by atoms with Crippen molar-refractivity contribution < 1.29 is 24.2 Å². The number of thioether (sulfide) groups is 1. The van der Waals surface area contributed by atoms with E-state index in [1.807, 2.05) is 6.08 Å². The molecule has 8 heteroatoms. The average Bonchev–Trinajstić information content (AvgIpc) is 3.48. The Bertz CT molecular complexity index is 789. The van der Waals surface area contributed by atoms with E-state index >= 15 is 0 Å². The smallest absolute Gasteiger partial charge is 0.310 e. The molecule has 3 fully saturated rings. The minimum absolute atomic E-state index is 0.0139. The molecule has 34 heavy (non-hydrogen) atoms. The molecule has 190 valence electrons. The second-order valence-corrected chi connectivity index (χ2v) is 11.3. The number of hydrogen-bond acceptors (Lipinski definition) is 6. The van der Waals surface area contributed by atoms with E-state index in [2.05, 4.69) is 20.1 Å². The highest BCUT2D eigenvalue weighted by Crippen LogP contribution is 2.66. The molecule has 1 N–H and O–H groups in total. The fourth-order valence-electron chi connectivity index (χ4n) is 5.83. The van der Waals surface area contributed by atoms with Gasteiger partial charge in [0, 0.05) is 18.3 Å². The zero-order valence-electron chi connectivity index (χ0n) is 20.6. The predicted octanol–water partition coefficient (Wildman–Crippen LogP) is 3.17. The molecule has 3 aliphatic rings. The second-order valence-electron chi connectivity index (χ2n) is 9.71. The van der Waals surface area contributed by atoms with Gasteiger partial charge in [0.25, 0.3) is 0 Å². The van der Waals surface area contributed by atoms with E-state index in [0.29, 0.717) is 26.1 Å². The highest BCUT2D eigenvalue weighted by atomic mass is 32.2. The molecule has 0 saturated carbocycles. The molecule has 3 aliphatic heterocycles. The SMILES string of the molecule is C=CCCCCOC(=O)[C@@H]1[C@H]2C(=O)N([C@H](C)CO)C(C(=O)N(CC=C)CCCC)C23CC[C@H]1S3. The van der Waals surface area contributed by atoms with Gasteiger partial charge in [0.2, 0.25) is 11.8 Å². The summed E-state index contributed by atoms with van der Waals surface area (Å²) in [5.74, 6) is -1.75. The van der Waals surface area contributed by atoms with E-state index in [4.69, 9.17) is 4.74 Å². The Balaban J connectivity index is 1.88. The minimum Gasteiger partial charge on any atom is -0.465 e. The lowest BCUT2D eigenvalue weighted by Crippen LogP contribution is -2.57. The number of carbonyl (C=O) groups excluding carboxylic acids is 3. The van der Waals surface area contributed by atoms with Gasteiger partial charge < -0.3 is 19.6 Å². The Labute approximate surface area is 208 Å². The van der Waals surface area contributed by atoms with Crippen molar-refractivity contribution in [3.8, 4) is 0 Å². The fourth-order valence-corrected chi connectivity index (χ4v) is 8.02. The molecular formula is C26H40N2O5S. The molecule has 3 rings (SSSR count). The summed E-state index contributed by atoms with van der Waals surface area (Å²) in [6.45, 7) is 12.5. The van der Waals surface area contributed by atoms with Crippen LogP contribution in [0.4, 0.5) is 0 Å². The first-order chi connectivity index (χ1) is 16.4. The van der Waals surface area contributed by atoms with Crippen LogP contribution >= 0.6 is 11.8 Å². The normalized spacial score (nSPS) is 30.2.